The Morgan fingerprint density at radius 1 is 1.06 bits per heavy atom. The molecule has 0 spiro atoms. The molecule has 3 amide bonds. The molecule has 2 heterocycles. The lowest BCUT2D eigenvalue weighted by molar-refractivity contribution is -0.131. The molecular weight excluding hydrogens is 442 g/mol. The Morgan fingerprint density at radius 2 is 1.74 bits per heavy atom. The Kier molecular flexibility index (Phi) is 5.58. The van der Waals surface area contributed by atoms with Crippen molar-refractivity contribution in [3.05, 3.63) is 70.6 Å². The Hall–Kier alpha value is -3.12. The fourth-order valence-corrected chi connectivity index (χ4v) is 5.51. The topological polar surface area (TPSA) is 133 Å². The number of rotatable bonds is 7. The quantitative estimate of drug-likeness (QED) is 0.279. The number of thiophene rings is 1. The lowest BCUT2D eigenvalue weighted by Crippen LogP contribution is -2.53. The van der Waals surface area contributed by atoms with E-state index in [0.717, 1.165) is 15.0 Å². The van der Waals surface area contributed by atoms with E-state index in [1.807, 2.05) is 17.5 Å². The molecule has 31 heavy (non-hydrogen) atoms. The van der Waals surface area contributed by atoms with Crippen LogP contribution in [0, 0.1) is 0 Å². The van der Waals surface area contributed by atoms with E-state index in [1.165, 1.54) is 28.9 Å². The van der Waals surface area contributed by atoms with E-state index in [1.54, 1.807) is 24.3 Å². The molecule has 1 aliphatic rings. The second-order valence-corrected chi connectivity index (χ2v) is 9.67. The zero-order valence-electron chi connectivity index (χ0n) is 15.9. The van der Waals surface area contributed by atoms with Gasteiger partial charge < -0.3 is 0 Å². The van der Waals surface area contributed by atoms with Crippen LogP contribution >= 0.6 is 11.3 Å². The van der Waals surface area contributed by atoms with Crippen molar-refractivity contribution in [1.82, 2.24) is 15.1 Å². The number of sulfonamides is 1. The summed E-state index contributed by atoms with van der Waals surface area (Å²) in [6.07, 6.45) is 0. The van der Waals surface area contributed by atoms with Gasteiger partial charge in [0.2, 0.25) is 10.0 Å². The van der Waals surface area contributed by atoms with Gasteiger partial charge in [-0.3, -0.25) is 24.5 Å². The summed E-state index contributed by atoms with van der Waals surface area (Å²) in [5, 5.41) is 11.8. The van der Waals surface area contributed by atoms with Crippen molar-refractivity contribution in [2.45, 2.75) is 11.8 Å². The molecule has 0 fully saturated rings. The van der Waals surface area contributed by atoms with Crippen LogP contribution in [0.25, 0.3) is 10.1 Å². The van der Waals surface area contributed by atoms with Crippen LogP contribution < -0.4 is 10.2 Å². The maximum atomic E-state index is 12.7. The van der Waals surface area contributed by atoms with Crippen molar-refractivity contribution in [2.24, 2.45) is 0 Å². The number of benzene rings is 2. The van der Waals surface area contributed by atoms with Crippen LogP contribution in [0.15, 0.2) is 53.9 Å². The minimum absolute atomic E-state index is 0.169. The summed E-state index contributed by atoms with van der Waals surface area (Å²) in [4.78, 5) is 38.0. The normalized spacial score (nSPS) is 14.7. The number of hydroxylamine groups is 1. The van der Waals surface area contributed by atoms with Gasteiger partial charge in [0, 0.05) is 4.70 Å². The predicted octanol–water partition coefficient (Wildman–Crippen LogP) is 1.49. The number of carbonyl (C=O) groups excluding carboxylic acids is 3. The standard InChI is InChI=1S/C20H17N3O6S2/c24-18(21-27)16(10-23-19(25)14-3-1-2-4-15(14)20(23)26)22-31(28,29)11-12-5-6-17-13(9-12)7-8-30-17/h1-9,16,22,27H,10-11H2,(H,21,24). The summed E-state index contributed by atoms with van der Waals surface area (Å²) >= 11 is 1.53. The second-order valence-electron chi connectivity index (χ2n) is 6.96. The Labute approximate surface area is 181 Å². The molecule has 0 radical (unpaired) electrons. The van der Waals surface area contributed by atoms with E-state index in [9.17, 15) is 22.8 Å². The molecule has 1 aromatic heterocycles. The van der Waals surface area contributed by atoms with Gasteiger partial charge in [-0.15, -0.1) is 11.3 Å². The molecule has 160 valence electrons. The average molecular weight is 460 g/mol. The van der Waals surface area contributed by atoms with Crippen LogP contribution in [0.5, 0.6) is 0 Å². The van der Waals surface area contributed by atoms with Crippen molar-refractivity contribution in [3.63, 3.8) is 0 Å². The van der Waals surface area contributed by atoms with Gasteiger partial charge in [0.05, 0.1) is 23.4 Å². The minimum Gasteiger partial charge on any atom is -0.289 e. The number of hydrogen-bond acceptors (Lipinski definition) is 7. The molecule has 0 aliphatic carbocycles. The summed E-state index contributed by atoms with van der Waals surface area (Å²) in [6, 6.07) is 11.6. The first-order valence-corrected chi connectivity index (χ1v) is 11.7. The summed E-state index contributed by atoms with van der Waals surface area (Å²) in [5.41, 5.74) is 2.22. The van der Waals surface area contributed by atoms with E-state index in [4.69, 9.17) is 5.21 Å². The monoisotopic (exact) mass is 459 g/mol. The van der Waals surface area contributed by atoms with Gasteiger partial charge in [-0.05, 0) is 46.7 Å². The Balaban J connectivity index is 1.53. The van der Waals surface area contributed by atoms with E-state index in [-0.39, 0.29) is 11.1 Å². The molecule has 11 heteroatoms. The highest BCUT2D eigenvalue weighted by atomic mass is 32.2. The van der Waals surface area contributed by atoms with Gasteiger partial charge in [-0.2, -0.15) is 0 Å². The fourth-order valence-electron chi connectivity index (χ4n) is 3.42. The van der Waals surface area contributed by atoms with E-state index in [2.05, 4.69) is 4.72 Å². The van der Waals surface area contributed by atoms with Gasteiger partial charge in [0.1, 0.15) is 6.04 Å². The van der Waals surface area contributed by atoms with Gasteiger partial charge in [0.25, 0.3) is 17.7 Å². The number of amides is 3. The number of nitrogens with zero attached hydrogens (tertiary/aromatic N) is 1. The molecule has 0 bridgehead atoms. The number of fused-ring (bicyclic) bond motifs is 2. The van der Waals surface area contributed by atoms with Crippen molar-refractivity contribution in [2.75, 3.05) is 6.54 Å². The third kappa shape index (κ3) is 4.21. The Morgan fingerprint density at radius 3 is 2.39 bits per heavy atom. The molecule has 0 saturated heterocycles. The van der Waals surface area contributed by atoms with Gasteiger partial charge >= 0.3 is 0 Å². The van der Waals surface area contributed by atoms with Crippen molar-refractivity contribution >= 4 is 49.2 Å². The minimum atomic E-state index is -4.05. The zero-order valence-corrected chi connectivity index (χ0v) is 17.6. The summed E-state index contributed by atoms with van der Waals surface area (Å²) in [7, 11) is -4.05. The van der Waals surface area contributed by atoms with Crippen LogP contribution in [0.2, 0.25) is 0 Å². The molecule has 3 N–H and O–H groups in total. The third-order valence-electron chi connectivity index (χ3n) is 4.87. The van der Waals surface area contributed by atoms with Crippen LogP contribution in [-0.2, 0) is 20.6 Å². The first-order valence-electron chi connectivity index (χ1n) is 9.14. The number of imide groups is 1. The first kappa shape index (κ1) is 21.1. The van der Waals surface area contributed by atoms with E-state index < -0.39 is 46.1 Å². The highest BCUT2D eigenvalue weighted by molar-refractivity contribution is 7.88. The van der Waals surface area contributed by atoms with Crippen molar-refractivity contribution in [3.8, 4) is 0 Å². The van der Waals surface area contributed by atoms with Crippen molar-refractivity contribution < 1.29 is 28.0 Å². The summed E-state index contributed by atoms with van der Waals surface area (Å²) in [6.45, 7) is -0.568. The lowest BCUT2D eigenvalue weighted by atomic mass is 10.1. The smallest absolute Gasteiger partial charge is 0.263 e. The molecule has 4 rings (SSSR count). The largest absolute Gasteiger partial charge is 0.289 e. The molecule has 3 aromatic rings. The fraction of sp³-hybridized carbons (Fsp3) is 0.150. The zero-order chi connectivity index (χ0) is 22.2. The van der Waals surface area contributed by atoms with Crippen LogP contribution in [-0.4, -0.2) is 48.8 Å². The molecule has 2 aromatic carbocycles. The molecule has 1 unspecified atom stereocenters. The first-order chi connectivity index (χ1) is 14.8. The summed E-state index contributed by atoms with van der Waals surface area (Å²) < 4.78 is 28.6. The maximum Gasteiger partial charge on any atom is 0.263 e. The molecule has 0 saturated carbocycles. The summed E-state index contributed by atoms with van der Waals surface area (Å²) in [5.74, 6) is -2.79. The molecular formula is C20H17N3O6S2. The number of nitrogens with one attached hydrogen (secondary N) is 2. The van der Waals surface area contributed by atoms with Crippen LogP contribution in [0.3, 0.4) is 0 Å². The number of carbonyl (C=O) groups is 3. The lowest BCUT2D eigenvalue weighted by Gasteiger charge is -2.22. The highest BCUT2D eigenvalue weighted by Crippen LogP contribution is 2.24. The average Bonchev–Trinajstić information content (AvgIpc) is 3.30. The third-order valence-corrected chi connectivity index (χ3v) is 7.12. The van der Waals surface area contributed by atoms with E-state index in [0.29, 0.717) is 5.56 Å². The molecule has 1 atom stereocenters. The van der Waals surface area contributed by atoms with Crippen molar-refractivity contribution in [1.29, 1.82) is 0 Å². The van der Waals surface area contributed by atoms with Gasteiger partial charge in [0.15, 0.2) is 0 Å². The highest BCUT2D eigenvalue weighted by Gasteiger charge is 2.38. The second kappa shape index (κ2) is 8.19. The maximum absolute atomic E-state index is 12.7. The molecule has 1 aliphatic heterocycles. The van der Waals surface area contributed by atoms with Crippen LogP contribution in [0.4, 0.5) is 0 Å². The predicted molar refractivity (Wildman–Crippen MR) is 113 cm³/mol. The number of hydrogen-bond donors (Lipinski definition) is 3. The SMILES string of the molecule is O=C(NO)C(CN1C(=O)c2ccccc2C1=O)NS(=O)(=O)Cc1ccc2sccc2c1. The van der Waals surface area contributed by atoms with E-state index >= 15 is 0 Å². The van der Waals surface area contributed by atoms with Gasteiger partial charge in [-0.1, -0.05) is 18.2 Å². The van der Waals surface area contributed by atoms with Gasteiger partial charge in [-0.25, -0.2) is 18.6 Å². The van der Waals surface area contributed by atoms with Crippen LogP contribution in [0.1, 0.15) is 26.3 Å². The Bertz CT molecular complexity index is 1270. The molecule has 9 nitrogen and oxygen atoms in total.